The van der Waals surface area contributed by atoms with Crippen LogP contribution in [0.15, 0.2) is 11.1 Å². The van der Waals surface area contributed by atoms with Crippen molar-refractivity contribution in [1.82, 2.24) is 9.55 Å². The molecule has 0 saturated heterocycles. The first-order chi connectivity index (χ1) is 9.63. The van der Waals surface area contributed by atoms with Crippen molar-refractivity contribution >= 4 is 27.5 Å². The normalized spacial score (nSPS) is 15.9. The number of esters is 1. The van der Waals surface area contributed by atoms with Gasteiger partial charge in [-0.1, -0.05) is 0 Å². The van der Waals surface area contributed by atoms with Crippen LogP contribution in [0.5, 0.6) is 0 Å². The maximum absolute atomic E-state index is 12.6. The van der Waals surface area contributed by atoms with Crippen molar-refractivity contribution in [3.8, 4) is 0 Å². The molecule has 20 heavy (non-hydrogen) atoms. The Morgan fingerprint density at radius 1 is 1.45 bits per heavy atom. The SMILES string of the molecule is COC(=O)C(C)n1cnc2sc3c(c2c1=O)CCCC3. The molecule has 0 aromatic carbocycles. The number of thiophene rings is 1. The zero-order valence-electron chi connectivity index (χ0n) is 11.5. The van der Waals surface area contributed by atoms with Gasteiger partial charge in [-0.2, -0.15) is 0 Å². The van der Waals surface area contributed by atoms with E-state index in [4.69, 9.17) is 4.74 Å². The van der Waals surface area contributed by atoms with E-state index in [0.717, 1.165) is 29.7 Å². The molecular weight excluding hydrogens is 276 g/mol. The summed E-state index contributed by atoms with van der Waals surface area (Å²) in [6, 6.07) is -0.649. The smallest absolute Gasteiger partial charge is 0.328 e. The van der Waals surface area contributed by atoms with E-state index >= 15 is 0 Å². The summed E-state index contributed by atoms with van der Waals surface area (Å²) in [4.78, 5) is 30.7. The molecule has 0 spiro atoms. The van der Waals surface area contributed by atoms with Crippen LogP contribution in [0, 0.1) is 0 Å². The second-order valence-electron chi connectivity index (χ2n) is 5.05. The minimum Gasteiger partial charge on any atom is -0.467 e. The molecule has 0 bridgehead atoms. The third kappa shape index (κ3) is 1.95. The number of aryl methyl sites for hydroxylation is 2. The number of fused-ring (bicyclic) bond motifs is 3. The molecule has 3 rings (SSSR count). The number of carbonyl (C=O) groups excluding carboxylic acids is 1. The van der Waals surface area contributed by atoms with Crippen molar-refractivity contribution in [3.63, 3.8) is 0 Å². The highest BCUT2D eigenvalue weighted by Gasteiger charge is 2.23. The van der Waals surface area contributed by atoms with E-state index in [1.165, 1.54) is 29.3 Å². The van der Waals surface area contributed by atoms with Gasteiger partial charge in [0.05, 0.1) is 18.8 Å². The zero-order chi connectivity index (χ0) is 14.3. The van der Waals surface area contributed by atoms with E-state index in [2.05, 4.69) is 4.98 Å². The number of aromatic nitrogens is 2. The topological polar surface area (TPSA) is 61.2 Å². The zero-order valence-corrected chi connectivity index (χ0v) is 12.3. The summed E-state index contributed by atoms with van der Waals surface area (Å²) in [6.07, 6.45) is 5.70. The van der Waals surface area contributed by atoms with E-state index in [9.17, 15) is 9.59 Å². The molecular formula is C14H16N2O3S. The van der Waals surface area contributed by atoms with E-state index < -0.39 is 12.0 Å². The first-order valence-corrected chi connectivity index (χ1v) is 7.54. The highest BCUT2D eigenvalue weighted by molar-refractivity contribution is 7.18. The van der Waals surface area contributed by atoms with Crippen LogP contribution in [0.1, 0.15) is 36.2 Å². The van der Waals surface area contributed by atoms with Crippen LogP contribution >= 0.6 is 11.3 Å². The molecule has 106 valence electrons. The first-order valence-electron chi connectivity index (χ1n) is 6.72. The molecule has 0 N–H and O–H groups in total. The number of ether oxygens (including phenoxy) is 1. The second-order valence-corrected chi connectivity index (χ2v) is 6.13. The Kier molecular flexibility index (Phi) is 3.33. The van der Waals surface area contributed by atoms with E-state index in [1.54, 1.807) is 18.3 Å². The molecule has 2 aromatic heterocycles. The van der Waals surface area contributed by atoms with E-state index in [-0.39, 0.29) is 5.56 Å². The summed E-state index contributed by atoms with van der Waals surface area (Å²) in [7, 11) is 1.32. The number of carbonyl (C=O) groups is 1. The van der Waals surface area contributed by atoms with Crippen LogP contribution in [0.25, 0.3) is 10.2 Å². The maximum atomic E-state index is 12.6. The fourth-order valence-electron chi connectivity index (χ4n) is 2.72. The van der Waals surface area contributed by atoms with Crippen LogP contribution in [-0.4, -0.2) is 22.6 Å². The highest BCUT2D eigenvalue weighted by Crippen LogP contribution is 2.33. The summed E-state index contributed by atoms with van der Waals surface area (Å²) < 4.78 is 6.07. The molecule has 1 atom stereocenters. The molecule has 2 heterocycles. The van der Waals surface area contributed by atoms with Crippen LogP contribution < -0.4 is 5.56 Å². The number of nitrogens with zero attached hydrogens (tertiary/aromatic N) is 2. The summed E-state index contributed by atoms with van der Waals surface area (Å²) in [5.41, 5.74) is 1.01. The van der Waals surface area contributed by atoms with Crippen molar-refractivity contribution in [2.75, 3.05) is 7.11 Å². The monoisotopic (exact) mass is 292 g/mol. The molecule has 1 aliphatic carbocycles. The fraction of sp³-hybridized carbons (Fsp3) is 0.500. The lowest BCUT2D eigenvalue weighted by Gasteiger charge is -2.13. The standard InChI is InChI=1S/C14H16N2O3S/c1-8(14(18)19-2)16-7-15-12-11(13(16)17)9-5-3-4-6-10(9)20-12/h7-8H,3-6H2,1-2H3. The summed E-state index contributed by atoms with van der Waals surface area (Å²) in [5.74, 6) is -0.433. The Morgan fingerprint density at radius 2 is 2.20 bits per heavy atom. The Labute approximate surface area is 120 Å². The molecule has 0 amide bonds. The van der Waals surface area contributed by atoms with E-state index in [1.807, 2.05) is 0 Å². The Hall–Kier alpha value is -1.69. The number of rotatable bonds is 2. The van der Waals surface area contributed by atoms with Crippen molar-refractivity contribution in [1.29, 1.82) is 0 Å². The fourth-order valence-corrected chi connectivity index (χ4v) is 3.94. The number of hydrogen-bond donors (Lipinski definition) is 0. The van der Waals surface area contributed by atoms with Gasteiger partial charge in [-0.15, -0.1) is 11.3 Å². The third-order valence-corrected chi connectivity index (χ3v) is 5.06. The maximum Gasteiger partial charge on any atom is 0.328 e. The van der Waals surface area contributed by atoms with Gasteiger partial charge in [0.25, 0.3) is 5.56 Å². The van der Waals surface area contributed by atoms with Gasteiger partial charge in [-0.05, 0) is 38.2 Å². The van der Waals surface area contributed by atoms with Crippen LogP contribution in [-0.2, 0) is 22.4 Å². The van der Waals surface area contributed by atoms with Crippen molar-refractivity contribution in [3.05, 3.63) is 27.1 Å². The van der Waals surface area contributed by atoms with Gasteiger partial charge >= 0.3 is 5.97 Å². The lowest BCUT2D eigenvalue weighted by molar-refractivity contribution is -0.144. The first kappa shape index (κ1) is 13.3. The van der Waals surface area contributed by atoms with Gasteiger partial charge in [0.1, 0.15) is 10.9 Å². The molecule has 1 aliphatic rings. The van der Waals surface area contributed by atoms with Gasteiger partial charge in [0.15, 0.2) is 0 Å². The largest absolute Gasteiger partial charge is 0.467 e. The Morgan fingerprint density at radius 3 is 2.95 bits per heavy atom. The molecule has 2 aromatic rings. The molecule has 0 saturated carbocycles. The molecule has 0 fully saturated rings. The number of methoxy groups -OCH3 is 1. The van der Waals surface area contributed by atoms with Gasteiger partial charge in [-0.25, -0.2) is 9.78 Å². The summed E-state index contributed by atoms with van der Waals surface area (Å²) in [6.45, 7) is 1.65. The molecule has 1 unspecified atom stereocenters. The van der Waals surface area contributed by atoms with Gasteiger partial charge < -0.3 is 4.74 Å². The third-order valence-electron chi connectivity index (χ3n) is 3.86. The van der Waals surface area contributed by atoms with Crippen LogP contribution in [0.2, 0.25) is 0 Å². The minimum absolute atomic E-state index is 0.132. The van der Waals surface area contributed by atoms with Gasteiger partial charge in [0.2, 0.25) is 0 Å². The van der Waals surface area contributed by atoms with Crippen molar-refractivity contribution in [2.24, 2.45) is 0 Å². The quantitative estimate of drug-likeness (QED) is 0.795. The predicted octanol–water partition coefficient (Wildman–Crippen LogP) is 2.07. The van der Waals surface area contributed by atoms with Gasteiger partial charge in [0, 0.05) is 4.88 Å². The molecule has 5 nitrogen and oxygen atoms in total. The van der Waals surface area contributed by atoms with E-state index in [0.29, 0.717) is 5.39 Å². The van der Waals surface area contributed by atoms with Crippen molar-refractivity contribution < 1.29 is 9.53 Å². The molecule has 0 aliphatic heterocycles. The lowest BCUT2D eigenvalue weighted by Crippen LogP contribution is -2.29. The van der Waals surface area contributed by atoms with Gasteiger partial charge in [-0.3, -0.25) is 9.36 Å². The summed E-state index contributed by atoms with van der Waals surface area (Å²) >= 11 is 1.61. The molecule has 6 heteroatoms. The van der Waals surface area contributed by atoms with Crippen molar-refractivity contribution in [2.45, 2.75) is 38.6 Å². The Bertz CT molecular complexity index is 732. The lowest BCUT2D eigenvalue weighted by atomic mass is 9.97. The summed E-state index contributed by atoms with van der Waals surface area (Å²) in [5, 5.41) is 0.697. The van der Waals surface area contributed by atoms with Crippen LogP contribution in [0.4, 0.5) is 0 Å². The average molecular weight is 292 g/mol. The minimum atomic E-state index is -0.649. The Balaban J connectivity index is 2.20. The average Bonchev–Trinajstić information content (AvgIpc) is 2.85. The highest BCUT2D eigenvalue weighted by atomic mass is 32.1. The molecule has 0 radical (unpaired) electrons. The number of hydrogen-bond acceptors (Lipinski definition) is 5. The predicted molar refractivity (Wildman–Crippen MR) is 77.2 cm³/mol. The van der Waals surface area contributed by atoms with Crippen LogP contribution in [0.3, 0.4) is 0 Å². The second kappa shape index (κ2) is 5.01.